The van der Waals surface area contributed by atoms with Gasteiger partial charge in [0.05, 0.1) is 0 Å². The molecule has 0 aromatic heterocycles. The summed E-state index contributed by atoms with van der Waals surface area (Å²) in [5.41, 5.74) is 5.15. The molecule has 0 saturated heterocycles. The van der Waals surface area contributed by atoms with Crippen LogP contribution in [0.25, 0.3) is 0 Å². The fourth-order valence-electron chi connectivity index (χ4n) is 1.74. The molecule has 0 spiro atoms. The number of primary amides is 1. The van der Waals surface area contributed by atoms with Gasteiger partial charge in [-0.15, -0.1) is 0 Å². The second kappa shape index (κ2) is 9.32. The molecule has 7 heteroatoms. The molecule has 0 bridgehead atoms. The van der Waals surface area contributed by atoms with Crippen LogP contribution in [0.15, 0.2) is 0 Å². The summed E-state index contributed by atoms with van der Waals surface area (Å²) in [4.78, 5) is 10.6. The average molecular weight is 278 g/mol. The van der Waals surface area contributed by atoms with E-state index in [-0.39, 0.29) is 5.54 Å². The van der Waals surface area contributed by atoms with Gasteiger partial charge in [-0.05, 0) is 27.2 Å². The average Bonchev–Trinajstić information content (AvgIpc) is 2.29. The smallest absolute Gasteiger partial charge is 0.374 e. The van der Waals surface area contributed by atoms with Crippen LogP contribution in [0.1, 0.15) is 34.1 Å². The van der Waals surface area contributed by atoms with Crippen molar-refractivity contribution < 1.29 is 18.1 Å². The van der Waals surface area contributed by atoms with E-state index in [1.54, 1.807) is 0 Å². The molecule has 18 heavy (non-hydrogen) atoms. The fourth-order valence-corrected chi connectivity index (χ4v) is 4.55. The maximum absolute atomic E-state index is 10.6. The normalized spacial score (nSPS) is 13.3. The van der Waals surface area contributed by atoms with Crippen molar-refractivity contribution in [1.29, 1.82) is 0 Å². The van der Waals surface area contributed by atoms with Gasteiger partial charge in [-0.25, -0.2) is 4.79 Å². The number of urea groups is 1. The molecule has 6 nitrogen and oxygen atoms in total. The minimum atomic E-state index is -2.66. The van der Waals surface area contributed by atoms with Crippen molar-refractivity contribution in [3.8, 4) is 0 Å². The van der Waals surface area contributed by atoms with Crippen LogP contribution >= 0.6 is 0 Å². The minimum Gasteiger partial charge on any atom is -0.374 e. The highest BCUT2D eigenvalue weighted by atomic mass is 28.4. The summed E-state index contributed by atoms with van der Waals surface area (Å²) in [7, 11) is -2.66. The third-order valence-corrected chi connectivity index (χ3v) is 6.09. The van der Waals surface area contributed by atoms with E-state index in [0.29, 0.717) is 26.4 Å². The van der Waals surface area contributed by atoms with Gasteiger partial charge in [0.15, 0.2) is 0 Å². The predicted molar refractivity (Wildman–Crippen MR) is 72.3 cm³/mol. The Kier molecular flexibility index (Phi) is 8.99. The van der Waals surface area contributed by atoms with Crippen LogP contribution in [0.4, 0.5) is 4.79 Å². The molecule has 0 fully saturated rings. The van der Waals surface area contributed by atoms with Gasteiger partial charge in [0.2, 0.25) is 0 Å². The first-order chi connectivity index (χ1) is 8.52. The van der Waals surface area contributed by atoms with Crippen LogP contribution in [0.3, 0.4) is 0 Å². The molecule has 2 amide bonds. The number of carbonyl (C=O) groups is 1. The van der Waals surface area contributed by atoms with Crippen LogP contribution in [-0.2, 0) is 13.3 Å². The lowest BCUT2D eigenvalue weighted by atomic mass is 10.3. The molecule has 108 valence electrons. The van der Waals surface area contributed by atoms with Crippen LogP contribution in [-0.4, -0.2) is 41.2 Å². The van der Waals surface area contributed by atoms with Gasteiger partial charge in [0.25, 0.3) is 0 Å². The molecule has 1 unspecified atom stereocenters. The van der Waals surface area contributed by atoms with Crippen LogP contribution in [0, 0.1) is 0 Å². The molecule has 0 aromatic carbocycles. The topological polar surface area (TPSA) is 82.8 Å². The van der Waals surface area contributed by atoms with Crippen molar-refractivity contribution in [3.05, 3.63) is 0 Å². The number of rotatable bonds is 10. The quantitative estimate of drug-likeness (QED) is 0.593. The Labute approximate surface area is 111 Å². The van der Waals surface area contributed by atoms with Crippen molar-refractivity contribution in [3.63, 3.8) is 0 Å². The molecule has 0 saturated carbocycles. The standard InChI is InChI=1S/C11H26N2O4Si/c1-5-15-18(16-6-2,17-7-3)10(4)8-9-13-11(12)14/h10H,5-9H2,1-4H3,(H3,12,13,14). The van der Waals surface area contributed by atoms with E-state index in [2.05, 4.69) is 5.32 Å². The molecule has 3 N–H and O–H groups in total. The second-order valence-corrected chi connectivity index (χ2v) is 6.94. The largest absolute Gasteiger partial charge is 0.503 e. The Morgan fingerprint density at radius 2 is 1.61 bits per heavy atom. The zero-order valence-electron chi connectivity index (χ0n) is 11.8. The lowest BCUT2D eigenvalue weighted by Gasteiger charge is -2.33. The van der Waals surface area contributed by atoms with Crippen molar-refractivity contribution in [2.24, 2.45) is 5.73 Å². The molecule has 0 radical (unpaired) electrons. The van der Waals surface area contributed by atoms with Gasteiger partial charge in [-0.1, -0.05) is 6.92 Å². The molecule has 0 aliphatic carbocycles. The maximum atomic E-state index is 10.6. The van der Waals surface area contributed by atoms with E-state index in [1.807, 2.05) is 27.7 Å². The van der Waals surface area contributed by atoms with Gasteiger partial charge >= 0.3 is 14.8 Å². The summed E-state index contributed by atoms with van der Waals surface area (Å²) >= 11 is 0. The van der Waals surface area contributed by atoms with E-state index in [0.717, 1.165) is 6.42 Å². The minimum absolute atomic E-state index is 0.115. The lowest BCUT2D eigenvalue weighted by molar-refractivity contribution is 0.0615. The van der Waals surface area contributed by atoms with Crippen LogP contribution < -0.4 is 11.1 Å². The molecular formula is C11H26N2O4Si. The van der Waals surface area contributed by atoms with E-state index in [9.17, 15) is 4.79 Å². The van der Waals surface area contributed by atoms with Crippen LogP contribution in [0.2, 0.25) is 5.54 Å². The van der Waals surface area contributed by atoms with Gasteiger partial charge in [0, 0.05) is 31.9 Å². The third-order valence-electron chi connectivity index (χ3n) is 2.52. The monoisotopic (exact) mass is 278 g/mol. The van der Waals surface area contributed by atoms with Crippen molar-refractivity contribution >= 4 is 14.8 Å². The number of nitrogens with two attached hydrogens (primary N) is 1. The Morgan fingerprint density at radius 3 is 1.94 bits per heavy atom. The second-order valence-electron chi connectivity index (χ2n) is 3.88. The molecule has 0 aromatic rings. The summed E-state index contributed by atoms with van der Waals surface area (Å²) in [6.45, 7) is 9.96. The Bertz CT molecular complexity index is 224. The van der Waals surface area contributed by atoms with Gasteiger partial charge in [-0.2, -0.15) is 0 Å². The molecule has 0 rings (SSSR count). The highest BCUT2D eigenvalue weighted by Crippen LogP contribution is 2.28. The molecule has 0 aliphatic heterocycles. The first-order valence-electron chi connectivity index (χ1n) is 6.47. The first kappa shape index (κ1) is 17.4. The zero-order chi connectivity index (χ0) is 14.0. The molecule has 1 atom stereocenters. The Hall–Kier alpha value is -0.633. The van der Waals surface area contributed by atoms with Gasteiger partial charge in [-0.3, -0.25) is 0 Å². The highest BCUT2D eigenvalue weighted by Gasteiger charge is 2.46. The lowest BCUT2D eigenvalue weighted by Crippen LogP contribution is -2.50. The van der Waals surface area contributed by atoms with Crippen molar-refractivity contribution in [1.82, 2.24) is 5.32 Å². The summed E-state index contributed by atoms with van der Waals surface area (Å²) in [6, 6.07) is -0.515. The predicted octanol–water partition coefficient (Wildman–Crippen LogP) is 1.48. The SMILES string of the molecule is CCO[Si](OCC)(OCC)C(C)CCNC(N)=O. The van der Waals surface area contributed by atoms with E-state index in [4.69, 9.17) is 19.0 Å². The maximum Gasteiger partial charge on any atom is 0.503 e. The highest BCUT2D eigenvalue weighted by molar-refractivity contribution is 6.62. The van der Waals surface area contributed by atoms with Gasteiger partial charge in [0.1, 0.15) is 0 Å². The number of hydrogen-bond acceptors (Lipinski definition) is 4. The number of carbonyl (C=O) groups excluding carboxylic acids is 1. The molecule has 0 heterocycles. The summed E-state index contributed by atoms with van der Waals surface area (Å²) in [5, 5.41) is 2.57. The summed E-state index contributed by atoms with van der Waals surface area (Å²) in [6.07, 6.45) is 0.717. The summed E-state index contributed by atoms with van der Waals surface area (Å²) < 4.78 is 17.3. The first-order valence-corrected chi connectivity index (χ1v) is 8.27. The number of hydrogen-bond donors (Lipinski definition) is 2. The fraction of sp³-hybridized carbons (Fsp3) is 0.909. The third kappa shape index (κ3) is 5.81. The van der Waals surface area contributed by atoms with Crippen molar-refractivity contribution in [2.75, 3.05) is 26.4 Å². The Morgan fingerprint density at radius 1 is 1.17 bits per heavy atom. The van der Waals surface area contributed by atoms with E-state index >= 15 is 0 Å². The Balaban J connectivity index is 4.53. The zero-order valence-corrected chi connectivity index (χ0v) is 12.8. The number of amides is 2. The van der Waals surface area contributed by atoms with Crippen molar-refractivity contribution in [2.45, 2.75) is 39.7 Å². The number of nitrogens with one attached hydrogen (secondary N) is 1. The van der Waals surface area contributed by atoms with Gasteiger partial charge < -0.3 is 24.3 Å². The molecular weight excluding hydrogens is 252 g/mol. The van der Waals surface area contributed by atoms with Crippen LogP contribution in [0.5, 0.6) is 0 Å². The van der Waals surface area contributed by atoms with E-state index < -0.39 is 14.8 Å². The summed E-state index contributed by atoms with van der Waals surface area (Å²) in [5.74, 6) is 0. The van der Waals surface area contributed by atoms with E-state index in [1.165, 1.54) is 0 Å². The molecule has 0 aliphatic rings.